The predicted molar refractivity (Wildman–Crippen MR) is 77.8 cm³/mol. The second-order valence-corrected chi connectivity index (χ2v) is 4.78. The first-order valence-corrected chi connectivity index (χ1v) is 6.75. The van der Waals surface area contributed by atoms with E-state index in [1.54, 1.807) is 12.7 Å². The van der Waals surface area contributed by atoms with Crippen LogP contribution in [-0.4, -0.2) is 28.0 Å². The summed E-state index contributed by atoms with van der Waals surface area (Å²) in [4.78, 5) is 0. The van der Waals surface area contributed by atoms with Crippen molar-refractivity contribution in [2.45, 2.75) is 0 Å². The minimum absolute atomic E-state index is 0.594. The van der Waals surface area contributed by atoms with Crippen molar-refractivity contribution in [3.05, 3.63) is 55.1 Å². The summed E-state index contributed by atoms with van der Waals surface area (Å²) in [7, 11) is 0. The van der Waals surface area contributed by atoms with Gasteiger partial charge >= 0.3 is 0 Å². The van der Waals surface area contributed by atoms with Crippen molar-refractivity contribution < 1.29 is 9.47 Å². The lowest BCUT2D eigenvalue weighted by Gasteiger charge is -2.19. The Hall–Kier alpha value is -2.82. The summed E-state index contributed by atoms with van der Waals surface area (Å²) in [5, 5.41) is 7.67. The Kier molecular flexibility index (Phi) is 2.81. The van der Waals surface area contributed by atoms with Gasteiger partial charge < -0.3 is 9.47 Å². The van der Waals surface area contributed by atoms with Crippen LogP contribution in [0.25, 0.3) is 16.8 Å². The summed E-state index contributed by atoms with van der Waals surface area (Å²) >= 11 is 0. The fourth-order valence-corrected chi connectivity index (χ4v) is 2.40. The van der Waals surface area contributed by atoms with Gasteiger partial charge in [0.15, 0.2) is 11.5 Å². The monoisotopic (exact) mass is 279 g/mol. The first kappa shape index (κ1) is 12.0. The van der Waals surface area contributed by atoms with Gasteiger partial charge in [0.05, 0.1) is 0 Å². The molecule has 0 radical (unpaired) electrons. The molecule has 4 rings (SSSR count). The van der Waals surface area contributed by atoms with Crippen molar-refractivity contribution in [3.63, 3.8) is 0 Å². The first-order valence-electron chi connectivity index (χ1n) is 6.75. The summed E-state index contributed by atoms with van der Waals surface area (Å²) in [6, 6.07) is 14.2. The maximum atomic E-state index is 5.64. The minimum Gasteiger partial charge on any atom is -0.486 e. The summed E-state index contributed by atoms with van der Waals surface area (Å²) in [6.45, 7) is 1.20. The van der Waals surface area contributed by atoms with Gasteiger partial charge in [-0.1, -0.05) is 18.2 Å². The van der Waals surface area contributed by atoms with Gasteiger partial charge in [-0.05, 0) is 35.4 Å². The Morgan fingerprint density at radius 1 is 0.810 bits per heavy atom. The van der Waals surface area contributed by atoms with Crippen LogP contribution in [-0.2, 0) is 0 Å². The highest BCUT2D eigenvalue weighted by molar-refractivity contribution is 5.69. The van der Waals surface area contributed by atoms with Crippen LogP contribution in [0.1, 0.15) is 0 Å². The van der Waals surface area contributed by atoms with Crippen molar-refractivity contribution in [3.8, 4) is 28.3 Å². The standard InChI is InChI=1S/C16H13N3O2/c1-2-12(8-14(3-1)19-10-17-18-11-19)13-4-5-15-16(9-13)21-7-6-20-15/h1-5,8-11H,6-7H2. The zero-order valence-electron chi connectivity index (χ0n) is 11.3. The number of benzene rings is 2. The Labute approximate surface area is 121 Å². The second-order valence-electron chi connectivity index (χ2n) is 4.78. The molecule has 1 aliphatic heterocycles. The van der Waals surface area contributed by atoms with Crippen molar-refractivity contribution in [2.75, 3.05) is 13.2 Å². The summed E-state index contributed by atoms with van der Waals surface area (Å²) in [5.41, 5.74) is 3.22. The SMILES string of the molecule is c1cc(-c2ccc3c(c2)OCCO3)cc(-n2cnnc2)c1. The molecule has 2 aromatic carbocycles. The average molecular weight is 279 g/mol. The van der Waals surface area contributed by atoms with Crippen molar-refractivity contribution >= 4 is 0 Å². The van der Waals surface area contributed by atoms with Gasteiger partial charge in [-0.15, -0.1) is 10.2 Å². The van der Waals surface area contributed by atoms with E-state index in [1.165, 1.54) is 0 Å². The topological polar surface area (TPSA) is 49.2 Å². The Bertz CT molecular complexity index is 769. The Morgan fingerprint density at radius 2 is 1.57 bits per heavy atom. The maximum absolute atomic E-state index is 5.64. The molecule has 21 heavy (non-hydrogen) atoms. The average Bonchev–Trinajstić information content (AvgIpc) is 3.09. The fraction of sp³-hybridized carbons (Fsp3) is 0.125. The van der Waals surface area contributed by atoms with E-state index in [1.807, 2.05) is 34.9 Å². The van der Waals surface area contributed by atoms with Crippen LogP contribution in [0.5, 0.6) is 11.5 Å². The van der Waals surface area contributed by atoms with Gasteiger partial charge in [-0.3, -0.25) is 4.57 Å². The molecule has 0 fully saturated rings. The van der Waals surface area contributed by atoms with E-state index >= 15 is 0 Å². The number of rotatable bonds is 2. The number of hydrogen-bond acceptors (Lipinski definition) is 4. The van der Waals surface area contributed by atoms with E-state index in [-0.39, 0.29) is 0 Å². The van der Waals surface area contributed by atoms with E-state index in [2.05, 4.69) is 22.3 Å². The Balaban J connectivity index is 1.75. The largest absolute Gasteiger partial charge is 0.486 e. The molecule has 3 aromatic rings. The molecule has 104 valence electrons. The van der Waals surface area contributed by atoms with Crippen LogP contribution >= 0.6 is 0 Å². The van der Waals surface area contributed by atoms with E-state index in [0.717, 1.165) is 28.3 Å². The number of aromatic nitrogens is 3. The van der Waals surface area contributed by atoms with Gasteiger partial charge in [0.25, 0.3) is 0 Å². The molecule has 0 amide bonds. The van der Waals surface area contributed by atoms with E-state index in [0.29, 0.717) is 13.2 Å². The van der Waals surface area contributed by atoms with Crippen molar-refractivity contribution in [1.29, 1.82) is 0 Å². The number of hydrogen-bond donors (Lipinski definition) is 0. The van der Waals surface area contributed by atoms with Crippen LogP contribution in [0.3, 0.4) is 0 Å². The lowest BCUT2D eigenvalue weighted by atomic mass is 10.0. The zero-order chi connectivity index (χ0) is 14.1. The minimum atomic E-state index is 0.594. The van der Waals surface area contributed by atoms with E-state index < -0.39 is 0 Å². The molecule has 2 heterocycles. The highest BCUT2D eigenvalue weighted by Gasteiger charge is 2.12. The van der Waals surface area contributed by atoms with Crippen molar-refractivity contribution in [2.24, 2.45) is 0 Å². The summed E-state index contributed by atoms with van der Waals surface area (Å²) in [5.74, 6) is 1.61. The molecule has 1 aromatic heterocycles. The third-order valence-electron chi connectivity index (χ3n) is 3.44. The molecule has 0 bridgehead atoms. The lowest BCUT2D eigenvalue weighted by molar-refractivity contribution is 0.171. The number of nitrogens with zero attached hydrogens (tertiary/aromatic N) is 3. The Morgan fingerprint density at radius 3 is 2.43 bits per heavy atom. The number of ether oxygens (including phenoxy) is 2. The quantitative estimate of drug-likeness (QED) is 0.723. The molecule has 1 aliphatic rings. The van der Waals surface area contributed by atoms with Crippen LogP contribution < -0.4 is 9.47 Å². The van der Waals surface area contributed by atoms with Gasteiger partial charge in [-0.2, -0.15) is 0 Å². The lowest BCUT2D eigenvalue weighted by Crippen LogP contribution is -2.15. The zero-order valence-corrected chi connectivity index (χ0v) is 11.3. The normalized spacial score (nSPS) is 13.1. The molecule has 0 saturated carbocycles. The van der Waals surface area contributed by atoms with Gasteiger partial charge in [-0.25, -0.2) is 0 Å². The number of fused-ring (bicyclic) bond motifs is 1. The molecule has 5 heteroatoms. The van der Waals surface area contributed by atoms with E-state index in [9.17, 15) is 0 Å². The van der Waals surface area contributed by atoms with Gasteiger partial charge in [0.1, 0.15) is 25.9 Å². The highest BCUT2D eigenvalue weighted by Crippen LogP contribution is 2.34. The molecule has 0 N–H and O–H groups in total. The molecular formula is C16H13N3O2. The second kappa shape index (κ2) is 4.94. The highest BCUT2D eigenvalue weighted by atomic mass is 16.6. The van der Waals surface area contributed by atoms with Crippen LogP contribution in [0.15, 0.2) is 55.1 Å². The third kappa shape index (κ3) is 2.23. The van der Waals surface area contributed by atoms with E-state index in [4.69, 9.17) is 9.47 Å². The molecular weight excluding hydrogens is 266 g/mol. The predicted octanol–water partition coefficient (Wildman–Crippen LogP) is 2.71. The molecule has 5 nitrogen and oxygen atoms in total. The van der Waals surface area contributed by atoms with Crippen LogP contribution in [0.4, 0.5) is 0 Å². The van der Waals surface area contributed by atoms with Gasteiger partial charge in [0.2, 0.25) is 0 Å². The maximum Gasteiger partial charge on any atom is 0.161 e. The molecule has 0 aliphatic carbocycles. The molecule has 0 atom stereocenters. The van der Waals surface area contributed by atoms with Crippen molar-refractivity contribution in [1.82, 2.24) is 14.8 Å². The molecule has 0 spiro atoms. The summed E-state index contributed by atoms with van der Waals surface area (Å²) in [6.07, 6.45) is 3.37. The van der Waals surface area contributed by atoms with Crippen LogP contribution in [0, 0.1) is 0 Å². The molecule has 0 saturated heterocycles. The molecule has 0 unspecified atom stereocenters. The van der Waals surface area contributed by atoms with Gasteiger partial charge in [0, 0.05) is 5.69 Å². The smallest absolute Gasteiger partial charge is 0.161 e. The van der Waals surface area contributed by atoms with Crippen LogP contribution in [0.2, 0.25) is 0 Å². The first-order chi connectivity index (χ1) is 10.4. The fourth-order valence-electron chi connectivity index (χ4n) is 2.40. The summed E-state index contributed by atoms with van der Waals surface area (Å²) < 4.78 is 13.1. The third-order valence-corrected chi connectivity index (χ3v) is 3.44.